The minimum absolute atomic E-state index is 0.00823. The Labute approximate surface area is 220 Å². The molecule has 1 aromatic heterocycles. The lowest BCUT2D eigenvalue weighted by Crippen LogP contribution is -2.75. The monoisotopic (exact) mass is 531 g/mol. The Morgan fingerprint density at radius 1 is 1.05 bits per heavy atom. The molecule has 208 valence electrons. The van der Waals surface area contributed by atoms with E-state index in [0.717, 1.165) is 11.3 Å². The number of hydrogen-bond donors (Lipinski definition) is 6. The second kappa shape index (κ2) is 8.78. The average molecular weight is 532 g/mol. The molecule has 0 radical (unpaired) electrons. The number of benzene rings is 1. The molecule has 3 unspecified atom stereocenters. The summed E-state index contributed by atoms with van der Waals surface area (Å²) in [6, 6.07) is 6.20. The summed E-state index contributed by atoms with van der Waals surface area (Å²) in [5.74, 6) is -1.65. The Kier molecular flexibility index (Phi) is 6.07. The van der Waals surface area contributed by atoms with Crippen molar-refractivity contribution in [2.45, 2.75) is 93.8 Å². The van der Waals surface area contributed by atoms with E-state index in [2.05, 4.69) is 10.3 Å². The lowest BCUT2D eigenvalue weighted by atomic mass is 9.40. The van der Waals surface area contributed by atoms with Crippen molar-refractivity contribution >= 4 is 0 Å². The molecule has 4 fully saturated rings. The fraction of sp³-hybridized carbons (Fsp3) is 0.714. The maximum Gasteiger partial charge on any atom is 0.123 e. The first-order chi connectivity index (χ1) is 18.0. The van der Waals surface area contributed by atoms with Crippen molar-refractivity contribution in [1.29, 1.82) is 0 Å². The standard InChI is InChI=1S/C28H38FN3O6/c1-25-12-22(35)24-20(6-8-26(37)11-18(34)10-23(36)27(24,26)15-33)28(25,38)9-7-19(25)21-14-32(31-30-21)13-16-2-4-17(29)5-3-16/h2-5,14,18-20,22-24,33-38H,6-13,15H2,1H3/t18-,19?,20?,22+,23+,24?,25+,26-,27+,28-/m0/s1. The maximum atomic E-state index is 13.3. The van der Waals surface area contributed by atoms with Crippen LogP contribution in [0.25, 0.3) is 0 Å². The number of aliphatic hydroxyl groups excluding tert-OH is 4. The number of rotatable bonds is 4. The summed E-state index contributed by atoms with van der Waals surface area (Å²) in [7, 11) is 0. The summed E-state index contributed by atoms with van der Waals surface area (Å²) in [6.45, 7) is 1.87. The van der Waals surface area contributed by atoms with Crippen molar-refractivity contribution in [2.24, 2.45) is 22.7 Å². The second-order valence-corrected chi connectivity index (χ2v) is 12.7. The molecule has 0 saturated heterocycles. The highest BCUT2D eigenvalue weighted by atomic mass is 19.1. The molecule has 4 aliphatic carbocycles. The Morgan fingerprint density at radius 3 is 2.50 bits per heavy atom. The van der Waals surface area contributed by atoms with Crippen molar-refractivity contribution in [3.05, 3.63) is 47.5 Å². The molecule has 9 nitrogen and oxygen atoms in total. The van der Waals surface area contributed by atoms with E-state index in [1.807, 2.05) is 13.1 Å². The Balaban J connectivity index is 1.32. The number of nitrogens with zero attached hydrogens (tertiary/aromatic N) is 3. The first-order valence-corrected chi connectivity index (χ1v) is 13.7. The molecule has 38 heavy (non-hydrogen) atoms. The van der Waals surface area contributed by atoms with Gasteiger partial charge in [-0.25, -0.2) is 9.07 Å². The summed E-state index contributed by atoms with van der Waals surface area (Å²) in [5, 5.41) is 76.7. The third-order valence-electron chi connectivity index (χ3n) is 11.1. The summed E-state index contributed by atoms with van der Waals surface area (Å²) in [6.07, 6.45) is 0.740. The molecule has 10 heteroatoms. The number of halogens is 1. The fourth-order valence-corrected chi connectivity index (χ4v) is 9.31. The molecule has 0 bridgehead atoms. The van der Waals surface area contributed by atoms with Gasteiger partial charge in [-0.1, -0.05) is 24.3 Å². The summed E-state index contributed by atoms with van der Waals surface area (Å²) >= 11 is 0. The zero-order valence-electron chi connectivity index (χ0n) is 21.6. The Morgan fingerprint density at radius 2 is 1.79 bits per heavy atom. The molecule has 6 rings (SSSR count). The summed E-state index contributed by atoms with van der Waals surface area (Å²) in [4.78, 5) is 0. The molecule has 1 heterocycles. The van der Waals surface area contributed by atoms with Gasteiger partial charge in [0.05, 0.1) is 53.8 Å². The second-order valence-electron chi connectivity index (χ2n) is 12.7. The van der Waals surface area contributed by atoms with Crippen LogP contribution in [0.1, 0.15) is 69.0 Å². The van der Waals surface area contributed by atoms with Crippen LogP contribution >= 0.6 is 0 Å². The molecule has 0 aliphatic heterocycles. The molecule has 6 N–H and O–H groups in total. The topological polar surface area (TPSA) is 152 Å². The van der Waals surface area contributed by atoms with Crippen LogP contribution in [0.2, 0.25) is 0 Å². The third kappa shape index (κ3) is 3.44. The van der Waals surface area contributed by atoms with E-state index < -0.39 is 58.8 Å². The highest BCUT2D eigenvalue weighted by molar-refractivity contribution is 5.28. The van der Waals surface area contributed by atoms with Crippen molar-refractivity contribution in [1.82, 2.24) is 15.0 Å². The van der Waals surface area contributed by atoms with Gasteiger partial charge in [0.1, 0.15) is 5.82 Å². The number of aliphatic hydroxyl groups is 6. The first kappa shape index (κ1) is 26.3. The largest absolute Gasteiger partial charge is 0.396 e. The molecule has 10 atom stereocenters. The molecule has 4 aliphatic rings. The van der Waals surface area contributed by atoms with Crippen LogP contribution < -0.4 is 0 Å². The van der Waals surface area contributed by atoms with Gasteiger partial charge in [-0.15, -0.1) is 5.10 Å². The summed E-state index contributed by atoms with van der Waals surface area (Å²) in [5.41, 5.74) is -3.31. The van der Waals surface area contributed by atoms with Gasteiger partial charge in [0.2, 0.25) is 0 Å². The number of fused-ring (bicyclic) bond motifs is 5. The van der Waals surface area contributed by atoms with Gasteiger partial charge in [-0.2, -0.15) is 0 Å². The van der Waals surface area contributed by atoms with Crippen molar-refractivity contribution in [3.8, 4) is 0 Å². The van der Waals surface area contributed by atoms with Gasteiger partial charge < -0.3 is 30.6 Å². The van der Waals surface area contributed by atoms with Gasteiger partial charge in [0.15, 0.2) is 0 Å². The zero-order chi connectivity index (χ0) is 27.1. The van der Waals surface area contributed by atoms with E-state index >= 15 is 0 Å². The molecule has 4 saturated carbocycles. The normalized spacial score (nSPS) is 46.3. The van der Waals surface area contributed by atoms with Crippen molar-refractivity contribution in [3.63, 3.8) is 0 Å². The highest BCUT2D eigenvalue weighted by Crippen LogP contribution is 2.71. The minimum Gasteiger partial charge on any atom is -0.396 e. The van der Waals surface area contributed by atoms with Crippen molar-refractivity contribution in [2.75, 3.05) is 6.61 Å². The van der Waals surface area contributed by atoms with E-state index in [1.54, 1.807) is 16.8 Å². The summed E-state index contributed by atoms with van der Waals surface area (Å²) < 4.78 is 15.0. The number of aromatic nitrogens is 3. The van der Waals surface area contributed by atoms with E-state index in [4.69, 9.17) is 0 Å². The number of hydrogen-bond acceptors (Lipinski definition) is 8. The van der Waals surface area contributed by atoms with Crippen molar-refractivity contribution < 1.29 is 35.0 Å². The van der Waals surface area contributed by atoms with Crippen LogP contribution in [-0.2, 0) is 6.54 Å². The smallest absolute Gasteiger partial charge is 0.123 e. The van der Waals surface area contributed by atoms with E-state index in [-0.39, 0.29) is 37.4 Å². The van der Waals surface area contributed by atoms with Crippen LogP contribution in [0.5, 0.6) is 0 Å². The zero-order valence-corrected chi connectivity index (χ0v) is 21.6. The molecule has 2 aromatic rings. The fourth-order valence-electron chi connectivity index (χ4n) is 9.31. The quantitative estimate of drug-likeness (QED) is 0.343. The van der Waals surface area contributed by atoms with Gasteiger partial charge in [0.25, 0.3) is 0 Å². The van der Waals surface area contributed by atoms with E-state index in [0.29, 0.717) is 25.8 Å². The first-order valence-electron chi connectivity index (χ1n) is 13.7. The van der Waals surface area contributed by atoms with E-state index in [1.165, 1.54) is 12.1 Å². The average Bonchev–Trinajstić information content (AvgIpc) is 3.41. The molecule has 0 spiro atoms. The Hall–Kier alpha value is -1.95. The predicted octanol–water partition coefficient (Wildman–Crippen LogP) is 1.10. The van der Waals surface area contributed by atoms with Crippen LogP contribution in [0, 0.1) is 28.5 Å². The van der Waals surface area contributed by atoms with Crippen LogP contribution in [0.3, 0.4) is 0 Å². The molecular formula is C28H38FN3O6. The van der Waals surface area contributed by atoms with E-state index in [9.17, 15) is 35.0 Å². The van der Waals surface area contributed by atoms with Gasteiger partial charge in [-0.3, -0.25) is 0 Å². The van der Waals surface area contributed by atoms with Crippen LogP contribution in [0.4, 0.5) is 4.39 Å². The SMILES string of the molecule is C[C@]12C[C@@H](O)C3C(CC[C@]4(O)C[C@@H](O)C[C@@H](O)[C@]34CO)[C@@]1(O)CCC2c1cn(Cc2ccc(F)cc2)nn1. The van der Waals surface area contributed by atoms with Gasteiger partial charge >= 0.3 is 0 Å². The van der Waals surface area contributed by atoms with Crippen LogP contribution in [0.15, 0.2) is 30.5 Å². The highest BCUT2D eigenvalue weighted by Gasteiger charge is 2.75. The lowest BCUT2D eigenvalue weighted by molar-refractivity contribution is -0.316. The third-order valence-corrected chi connectivity index (χ3v) is 11.1. The van der Waals surface area contributed by atoms with Crippen LogP contribution in [-0.4, -0.2) is 81.8 Å². The molecule has 1 aromatic carbocycles. The Bertz CT molecular complexity index is 1200. The maximum absolute atomic E-state index is 13.3. The van der Waals surface area contributed by atoms with Gasteiger partial charge in [-0.05, 0) is 55.7 Å². The predicted molar refractivity (Wildman–Crippen MR) is 133 cm³/mol. The molecular weight excluding hydrogens is 493 g/mol. The van der Waals surface area contributed by atoms with Gasteiger partial charge in [0, 0.05) is 36.3 Å². The lowest BCUT2D eigenvalue weighted by Gasteiger charge is -2.68. The minimum atomic E-state index is -1.54. The molecule has 0 amide bonds.